The molecular weight excluding hydrogens is 290 g/mol. The zero-order valence-electron chi connectivity index (χ0n) is 11.9. The normalized spacial score (nSPS) is 13.0. The van der Waals surface area contributed by atoms with Crippen molar-refractivity contribution in [1.29, 1.82) is 0 Å². The lowest BCUT2D eigenvalue weighted by Crippen LogP contribution is -2.35. The molecule has 1 aromatic heterocycles. The van der Waals surface area contributed by atoms with Crippen molar-refractivity contribution in [3.63, 3.8) is 0 Å². The predicted octanol–water partition coefficient (Wildman–Crippen LogP) is 1.45. The Morgan fingerprint density at radius 2 is 2.19 bits per heavy atom. The molecule has 2 rings (SSSR count). The summed E-state index contributed by atoms with van der Waals surface area (Å²) < 4.78 is 29.0. The van der Waals surface area contributed by atoms with Gasteiger partial charge in [-0.1, -0.05) is 12.1 Å². The van der Waals surface area contributed by atoms with Crippen LogP contribution in [0.5, 0.6) is 0 Å². The van der Waals surface area contributed by atoms with Gasteiger partial charge in [0, 0.05) is 30.5 Å². The Bertz CT molecular complexity index is 724. The first-order valence-corrected chi connectivity index (χ1v) is 7.96. The van der Waals surface area contributed by atoms with Crippen LogP contribution in [-0.4, -0.2) is 29.8 Å². The lowest BCUT2D eigenvalue weighted by molar-refractivity contribution is 0.101. The number of Topliss-reactive ketones (excluding diaryl/α,β-unsaturated/α-hetero) is 1. The summed E-state index contributed by atoms with van der Waals surface area (Å²) in [6.45, 7) is 3.65. The van der Waals surface area contributed by atoms with Crippen molar-refractivity contribution >= 4 is 15.8 Å². The van der Waals surface area contributed by atoms with Gasteiger partial charge in [0.2, 0.25) is 10.0 Å². The molecule has 0 amide bonds. The van der Waals surface area contributed by atoms with Gasteiger partial charge in [-0.25, -0.2) is 18.1 Å². The number of hydrogen-bond acceptors (Lipinski definition) is 4. The fourth-order valence-corrected chi connectivity index (χ4v) is 3.24. The van der Waals surface area contributed by atoms with Gasteiger partial charge in [-0.2, -0.15) is 0 Å². The lowest BCUT2D eigenvalue weighted by Gasteiger charge is -2.15. The van der Waals surface area contributed by atoms with Crippen LogP contribution in [0.2, 0.25) is 0 Å². The van der Waals surface area contributed by atoms with Gasteiger partial charge in [-0.05, 0) is 26.0 Å². The van der Waals surface area contributed by atoms with E-state index in [1.807, 2.05) is 0 Å². The lowest BCUT2D eigenvalue weighted by atomic mass is 10.2. The minimum atomic E-state index is -3.65. The van der Waals surface area contributed by atoms with Gasteiger partial charge in [0.25, 0.3) is 0 Å². The topological polar surface area (TPSA) is 81.1 Å². The number of sulfonamides is 1. The van der Waals surface area contributed by atoms with Gasteiger partial charge in [0.15, 0.2) is 5.78 Å². The van der Waals surface area contributed by atoms with E-state index in [1.165, 1.54) is 19.1 Å². The number of carbonyl (C=O) groups excluding carboxylic acids is 1. The van der Waals surface area contributed by atoms with Crippen LogP contribution in [0.15, 0.2) is 47.9 Å². The zero-order valence-corrected chi connectivity index (χ0v) is 12.7. The highest BCUT2D eigenvalue weighted by Gasteiger charge is 2.18. The fourth-order valence-electron chi connectivity index (χ4n) is 1.96. The highest BCUT2D eigenvalue weighted by Crippen LogP contribution is 2.12. The van der Waals surface area contributed by atoms with Gasteiger partial charge >= 0.3 is 0 Å². The van der Waals surface area contributed by atoms with Crippen molar-refractivity contribution in [3.05, 3.63) is 48.5 Å². The number of rotatable bonds is 6. The number of hydrogen-bond donors (Lipinski definition) is 1. The van der Waals surface area contributed by atoms with Crippen molar-refractivity contribution < 1.29 is 13.2 Å². The summed E-state index contributed by atoms with van der Waals surface area (Å²) in [6.07, 6.45) is 5.03. The van der Waals surface area contributed by atoms with Crippen molar-refractivity contribution in [2.24, 2.45) is 0 Å². The van der Waals surface area contributed by atoms with Crippen LogP contribution in [0.3, 0.4) is 0 Å². The number of carbonyl (C=O) groups is 1. The van der Waals surface area contributed by atoms with E-state index in [-0.39, 0.29) is 16.7 Å². The summed E-state index contributed by atoms with van der Waals surface area (Å²) in [5, 5.41) is 0. The van der Waals surface area contributed by atoms with Crippen LogP contribution in [-0.2, 0) is 16.6 Å². The van der Waals surface area contributed by atoms with Gasteiger partial charge in [0.05, 0.1) is 11.2 Å². The number of benzene rings is 1. The maximum absolute atomic E-state index is 12.3. The van der Waals surface area contributed by atoms with Crippen molar-refractivity contribution in [1.82, 2.24) is 14.3 Å². The molecule has 0 bridgehead atoms. The first kappa shape index (κ1) is 15.4. The summed E-state index contributed by atoms with van der Waals surface area (Å²) in [6, 6.07) is 5.71. The van der Waals surface area contributed by atoms with E-state index in [4.69, 9.17) is 0 Å². The molecule has 0 aliphatic carbocycles. The Hall–Kier alpha value is -1.99. The van der Waals surface area contributed by atoms with Crippen LogP contribution in [0, 0.1) is 0 Å². The van der Waals surface area contributed by atoms with Gasteiger partial charge < -0.3 is 4.57 Å². The SMILES string of the molecule is CC(=O)c1cccc(S(=O)(=O)N[C@H](C)Cn2ccnc2)c1. The van der Waals surface area contributed by atoms with Gasteiger partial charge in [-0.15, -0.1) is 0 Å². The number of nitrogens with one attached hydrogen (secondary N) is 1. The molecule has 0 unspecified atom stereocenters. The number of nitrogens with zero attached hydrogens (tertiary/aromatic N) is 2. The summed E-state index contributed by atoms with van der Waals surface area (Å²) in [5.41, 5.74) is 0.375. The molecule has 0 fully saturated rings. The minimum absolute atomic E-state index is 0.0904. The van der Waals surface area contributed by atoms with Gasteiger partial charge in [-0.3, -0.25) is 4.79 Å². The maximum atomic E-state index is 12.3. The molecule has 7 heteroatoms. The second-order valence-corrected chi connectivity index (χ2v) is 6.58. The molecule has 1 heterocycles. The number of ketones is 1. The van der Waals surface area contributed by atoms with E-state index in [0.29, 0.717) is 12.1 Å². The smallest absolute Gasteiger partial charge is 0.240 e. The molecule has 0 aliphatic rings. The molecule has 1 atom stereocenters. The molecule has 6 nitrogen and oxygen atoms in total. The second-order valence-electron chi connectivity index (χ2n) is 4.87. The Morgan fingerprint density at radius 1 is 1.43 bits per heavy atom. The molecule has 0 spiro atoms. The predicted molar refractivity (Wildman–Crippen MR) is 78.5 cm³/mol. The number of imidazole rings is 1. The molecule has 0 radical (unpaired) electrons. The Morgan fingerprint density at radius 3 is 2.81 bits per heavy atom. The summed E-state index contributed by atoms with van der Waals surface area (Å²) in [7, 11) is -3.65. The average molecular weight is 307 g/mol. The van der Waals surface area contributed by atoms with Crippen molar-refractivity contribution in [2.45, 2.75) is 31.3 Å². The third-order valence-electron chi connectivity index (χ3n) is 2.95. The summed E-state index contributed by atoms with van der Waals surface area (Å²) in [5.74, 6) is -0.168. The molecule has 0 saturated heterocycles. The Labute approximate surface area is 123 Å². The average Bonchev–Trinajstić information content (AvgIpc) is 2.91. The Kier molecular flexibility index (Phi) is 4.54. The highest BCUT2D eigenvalue weighted by molar-refractivity contribution is 7.89. The van der Waals surface area contributed by atoms with E-state index in [0.717, 1.165) is 0 Å². The third kappa shape index (κ3) is 3.99. The van der Waals surface area contributed by atoms with E-state index in [1.54, 1.807) is 42.3 Å². The molecule has 112 valence electrons. The van der Waals surface area contributed by atoms with Crippen LogP contribution < -0.4 is 4.72 Å². The van der Waals surface area contributed by atoms with Crippen LogP contribution >= 0.6 is 0 Å². The zero-order chi connectivity index (χ0) is 15.5. The fraction of sp³-hybridized carbons (Fsp3) is 0.286. The second kappa shape index (κ2) is 6.19. The summed E-state index contributed by atoms with van der Waals surface area (Å²) >= 11 is 0. The minimum Gasteiger partial charge on any atom is -0.336 e. The quantitative estimate of drug-likeness (QED) is 0.819. The molecule has 0 aliphatic heterocycles. The number of aromatic nitrogens is 2. The molecule has 1 N–H and O–H groups in total. The monoisotopic (exact) mass is 307 g/mol. The van der Waals surface area contributed by atoms with E-state index < -0.39 is 10.0 Å². The standard InChI is InChI=1S/C14H17N3O3S/c1-11(9-17-7-6-15-10-17)16-21(19,20)14-5-3-4-13(8-14)12(2)18/h3-8,10-11,16H,9H2,1-2H3/t11-/m1/s1. The van der Waals surface area contributed by atoms with Crippen molar-refractivity contribution in [3.8, 4) is 0 Å². The molecule has 0 saturated carbocycles. The van der Waals surface area contributed by atoms with Crippen LogP contribution in [0.1, 0.15) is 24.2 Å². The first-order valence-electron chi connectivity index (χ1n) is 6.47. The van der Waals surface area contributed by atoms with Gasteiger partial charge in [0.1, 0.15) is 0 Å². The maximum Gasteiger partial charge on any atom is 0.240 e. The molecule has 21 heavy (non-hydrogen) atoms. The third-order valence-corrected chi connectivity index (χ3v) is 4.54. The van der Waals surface area contributed by atoms with E-state index in [9.17, 15) is 13.2 Å². The molecule has 2 aromatic rings. The van der Waals surface area contributed by atoms with Crippen LogP contribution in [0.4, 0.5) is 0 Å². The van der Waals surface area contributed by atoms with E-state index >= 15 is 0 Å². The van der Waals surface area contributed by atoms with Crippen LogP contribution in [0.25, 0.3) is 0 Å². The largest absolute Gasteiger partial charge is 0.336 e. The highest BCUT2D eigenvalue weighted by atomic mass is 32.2. The summed E-state index contributed by atoms with van der Waals surface area (Å²) in [4.78, 5) is 15.3. The Balaban J connectivity index is 2.14. The van der Waals surface area contributed by atoms with E-state index in [2.05, 4.69) is 9.71 Å². The first-order chi connectivity index (χ1) is 9.88. The molecular formula is C14H17N3O3S. The molecule has 1 aromatic carbocycles. The van der Waals surface area contributed by atoms with Crippen molar-refractivity contribution in [2.75, 3.05) is 0 Å².